The molecule has 4 fully saturated rings. The number of ether oxygens (including phenoxy) is 9. The quantitative estimate of drug-likeness (QED) is 0.183. The van der Waals surface area contributed by atoms with Crippen molar-refractivity contribution in [3.05, 3.63) is 23.8 Å². The van der Waals surface area contributed by atoms with Gasteiger partial charge in [0.05, 0.1) is 49.1 Å². The van der Waals surface area contributed by atoms with Crippen LogP contribution in [0.4, 0.5) is 0 Å². The van der Waals surface area contributed by atoms with E-state index in [1.165, 1.54) is 27.6 Å². The van der Waals surface area contributed by atoms with Gasteiger partial charge >= 0.3 is 5.97 Å². The molecule has 396 valence electrons. The van der Waals surface area contributed by atoms with Crippen molar-refractivity contribution in [3.63, 3.8) is 0 Å². The zero-order chi connectivity index (χ0) is 50.9. The molecule has 69 heavy (non-hydrogen) atoms. The second kappa shape index (κ2) is 26.1. The highest BCUT2D eigenvalue weighted by Crippen LogP contribution is 2.38. The molecule has 20 unspecified atom stereocenters. The molecule has 4 N–H and O–H groups in total. The van der Waals surface area contributed by atoms with Crippen LogP contribution >= 0.6 is 0 Å². The monoisotopic (exact) mass is 983 g/mol. The van der Waals surface area contributed by atoms with Crippen LogP contribution in [-0.2, 0) is 57.0 Å². The van der Waals surface area contributed by atoms with Gasteiger partial charge in [0, 0.05) is 38.4 Å². The standard InChI is InChI=1S/C51H86N2O16/c1-13-38-35(27-63-50-47(62-12)46(61-11)42(57)31(5)65-50)23-28(2)17-18-36(54)29(3)24-34(19-22-53-20-15-14-16-21-53)44(30(4)37(55)25-39(56)67-38)69-49-43(58)41(52(9)10)45(32(6)66-49)68-40-26-51(8,60)48(59)33(7)64-40/h17-18,23,29-35,37-38,40-41,43-50,55,58-60H,13-16,19-22,24-27H2,1-12H3/b18-17+,28-23+. The number of ketones is 2. The molecule has 18 nitrogen and oxygen atoms in total. The molecule has 5 heterocycles. The Kier molecular flexibility index (Phi) is 21.8. The van der Waals surface area contributed by atoms with E-state index in [-0.39, 0.29) is 36.9 Å². The summed E-state index contributed by atoms with van der Waals surface area (Å²) in [5.74, 6) is -3.05. The molecule has 0 aromatic rings. The van der Waals surface area contributed by atoms with Gasteiger partial charge in [-0.15, -0.1) is 0 Å². The summed E-state index contributed by atoms with van der Waals surface area (Å²) >= 11 is 0. The Bertz CT molecular complexity index is 1710. The maximum atomic E-state index is 14.1. The minimum absolute atomic E-state index is 0.00449. The number of carbonyl (C=O) groups is 3. The average Bonchev–Trinajstić information content (AvgIpc) is 3.30. The van der Waals surface area contributed by atoms with Gasteiger partial charge < -0.3 is 72.9 Å². The number of hydrogen-bond donors (Lipinski definition) is 4. The third kappa shape index (κ3) is 14.9. The van der Waals surface area contributed by atoms with E-state index in [1.54, 1.807) is 26.0 Å². The van der Waals surface area contributed by atoms with Crippen molar-refractivity contribution in [1.82, 2.24) is 9.80 Å². The smallest absolute Gasteiger partial charge is 0.308 e. The Morgan fingerprint density at radius 1 is 0.870 bits per heavy atom. The maximum Gasteiger partial charge on any atom is 0.308 e. The van der Waals surface area contributed by atoms with Crippen molar-refractivity contribution < 1.29 is 77.4 Å². The number of nitrogens with zero attached hydrogens (tertiary/aromatic N) is 2. The predicted molar refractivity (Wildman–Crippen MR) is 254 cm³/mol. The number of cyclic esters (lactones) is 1. The summed E-state index contributed by atoms with van der Waals surface area (Å²) in [4.78, 5) is 45.2. The molecule has 5 aliphatic heterocycles. The summed E-state index contributed by atoms with van der Waals surface area (Å²) in [6, 6.07) is -0.690. The van der Waals surface area contributed by atoms with Crippen LogP contribution in [0.1, 0.15) is 107 Å². The van der Waals surface area contributed by atoms with E-state index in [0.29, 0.717) is 19.3 Å². The van der Waals surface area contributed by atoms with Crippen LogP contribution in [0.25, 0.3) is 0 Å². The molecular formula is C51H86N2O16. The summed E-state index contributed by atoms with van der Waals surface area (Å²) < 4.78 is 55.4. The lowest BCUT2D eigenvalue weighted by atomic mass is 9.79. The van der Waals surface area contributed by atoms with Gasteiger partial charge in [0.25, 0.3) is 0 Å². The summed E-state index contributed by atoms with van der Waals surface area (Å²) in [7, 11) is 6.49. The molecule has 0 saturated carbocycles. The number of rotatable bonds is 14. The van der Waals surface area contributed by atoms with Crippen LogP contribution < -0.4 is 0 Å². The number of likely N-dealkylation sites (N-methyl/N-ethyl adjacent to an activating group) is 1. The number of likely N-dealkylation sites (tertiary alicyclic amines) is 1. The first-order chi connectivity index (χ1) is 32.6. The van der Waals surface area contributed by atoms with Gasteiger partial charge in [0.2, 0.25) is 0 Å². The first-order valence-electron chi connectivity index (χ1n) is 25.3. The minimum atomic E-state index is -1.47. The largest absolute Gasteiger partial charge is 0.462 e. The van der Waals surface area contributed by atoms with Gasteiger partial charge in [-0.3, -0.25) is 14.4 Å². The first-order valence-corrected chi connectivity index (χ1v) is 25.3. The third-order valence-corrected chi connectivity index (χ3v) is 15.1. The zero-order valence-electron chi connectivity index (χ0n) is 43.3. The Morgan fingerprint density at radius 2 is 1.57 bits per heavy atom. The summed E-state index contributed by atoms with van der Waals surface area (Å²) in [6.07, 6.45) is -3.42. The van der Waals surface area contributed by atoms with Crippen molar-refractivity contribution in [1.29, 1.82) is 0 Å². The second-order valence-electron chi connectivity index (χ2n) is 20.8. The number of carbonyl (C=O) groups excluding carboxylic acids is 3. The van der Waals surface area contributed by atoms with Crippen molar-refractivity contribution in [2.75, 3.05) is 54.6 Å². The van der Waals surface area contributed by atoms with Crippen molar-refractivity contribution in [2.24, 2.45) is 23.7 Å². The van der Waals surface area contributed by atoms with E-state index < -0.39 is 121 Å². The second-order valence-corrected chi connectivity index (χ2v) is 20.8. The van der Waals surface area contributed by atoms with E-state index >= 15 is 0 Å². The number of allylic oxidation sites excluding steroid dienone is 3. The fourth-order valence-electron chi connectivity index (χ4n) is 10.8. The highest BCUT2D eigenvalue weighted by Gasteiger charge is 2.52. The molecule has 20 atom stereocenters. The van der Waals surface area contributed by atoms with Crippen LogP contribution in [0.2, 0.25) is 0 Å². The van der Waals surface area contributed by atoms with Crippen molar-refractivity contribution in [2.45, 2.75) is 204 Å². The molecule has 5 aliphatic rings. The minimum Gasteiger partial charge on any atom is -0.462 e. The Morgan fingerprint density at radius 3 is 2.19 bits per heavy atom. The molecular weight excluding hydrogens is 897 g/mol. The molecule has 18 heteroatoms. The number of piperidine rings is 1. The zero-order valence-corrected chi connectivity index (χ0v) is 43.3. The average molecular weight is 983 g/mol. The van der Waals surface area contributed by atoms with E-state index in [4.69, 9.17) is 42.6 Å². The van der Waals surface area contributed by atoms with Gasteiger partial charge in [-0.2, -0.15) is 0 Å². The van der Waals surface area contributed by atoms with E-state index in [2.05, 4.69) is 4.90 Å². The number of methoxy groups -OCH3 is 2. The summed E-state index contributed by atoms with van der Waals surface area (Å²) in [6.45, 7) is 16.7. The van der Waals surface area contributed by atoms with Gasteiger partial charge in [-0.25, -0.2) is 0 Å². The SMILES string of the molecule is CCC1OC(=O)CC(O)C(C)C(OC2OC(C)C(OC3CC(C)(O)C(O)C(C)O3)C(N(C)C)C2O)C(CCN2CCCCC2)CC(C)C(=O)/C=C/C(C)=C/C1COC1OC(C)C(=O)C(OC)C1OC. The number of aliphatic hydroxyl groups is 4. The highest BCUT2D eigenvalue weighted by atomic mass is 16.7. The van der Waals surface area contributed by atoms with Gasteiger partial charge in [-0.05, 0) is 112 Å². The topological polar surface area (TPSA) is 222 Å². The Labute approximate surface area is 410 Å². The fourth-order valence-corrected chi connectivity index (χ4v) is 10.8. The fraction of sp³-hybridized carbons (Fsp3) is 0.863. The van der Waals surface area contributed by atoms with Gasteiger partial charge in [0.1, 0.15) is 42.7 Å². The van der Waals surface area contributed by atoms with Crippen LogP contribution in [0.3, 0.4) is 0 Å². The highest BCUT2D eigenvalue weighted by molar-refractivity contribution is 5.91. The van der Waals surface area contributed by atoms with Crippen LogP contribution in [0, 0.1) is 23.7 Å². The van der Waals surface area contributed by atoms with E-state index in [9.17, 15) is 34.8 Å². The first kappa shape index (κ1) is 57.6. The summed E-state index contributed by atoms with van der Waals surface area (Å²) in [5, 5.41) is 45.9. The molecule has 0 radical (unpaired) electrons. The van der Waals surface area contributed by atoms with Crippen molar-refractivity contribution in [3.8, 4) is 0 Å². The van der Waals surface area contributed by atoms with Gasteiger partial charge in [0.15, 0.2) is 30.4 Å². The lowest BCUT2D eigenvalue weighted by Crippen LogP contribution is -2.65. The van der Waals surface area contributed by atoms with Crippen LogP contribution in [0.5, 0.6) is 0 Å². The maximum absolute atomic E-state index is 14.1. The van der Waals surface area contributed by atoms with E-state index in [1.807, 2.05) is 59.7 Å². The molecule has 0 amide bonds. The normalized spacial score (nSPS) is 44.1. The predicted octanol–water partition coefficient (Wildman–Crippen LogP) is 3.33. The lowest BCUT2D eigenvalue weighted by molar-refractivity contribution is -0.342. The molecule has 4 saturated heterocycles. The third-order valence-electron chi connectivity index (χ3n) is 15.1. The Hall–Kier alpha value is -2.27. The van der Waals surface area contributed by atoms with Crippen LogP contribution in [0.15, 0.2) is 23.8 Å². The number of esters is 1. The van der Waals surface area contributed by atoms with Crippen molar-refractivity contribution >= 4 is 17.5 Å². The molecule has 0 aliphatic carbocycles. The molecule has 5 rings (SSSR count). The molecule has 0 spiro atoms. The lowest BCUT2D eigenvalue weighted by Gasteiger charge is -2.50. The Balaban J connectivity index is 1.44. The molecule has 0 aromatic heterocycles. The van der Waals surface area contributed by atoms with E-state index in [0.717, 1.165) is 38.0 Å². The number of Topliss-reactive ketones (excluding diaryl/α,β-unsaturated/α-hetero) is 1. The number of hydrogen-bond acceptors (Lipinski definition) is 18. The molecule has 0 bridgehead atoms. The summed E-state index contributed by atoms with van der Waals surface area (Å²) in [5.41, 5.74) is -0.737. The number of aliphatic hydroxyl groups excluding tert-OH is 3. The van der Waals surface area contributed by atoms with Crippen LogP contribution in [-0.4, -0.2) is 200 Å². The molecule has 0 aromatic carbocycles. The van der Waals surface area contributed by atoms with Gasteiger partial charge in [-0.1, -0.05) is 44.9 Å².